The van der Waals surface area contributed by atoms with E-state index in [9.17, 15) is 8.42 Å². The van der Waals surface area contributed by atoms with E-state index >= 15 is 0 Å². The molecule has 0 aromatic heterocycles. The molecule has 0 bridgehead atoms. The van der Waals surface area contributed by atoms with Gasteiger partial charge in [0.15, 0.2) is 11.5 Å². The van der Waals surface area contributed by atoms with E-state index in [2.05, 4.69) is 9.62 Å². The van der Waals surface area contributed by atoms with Gasteiger partial charge in [-0.15, -0.1) is 0 Å². The monoisotopic (exact) mass is 450 g/mol. The van der Waals surface area contributed by atoms with Crippen LogP contribution in [0.5, 0.6) is 11.5 Å². The van der Waals surface area contributed by atoms with Gasteiger partial charge in [-0.25, -0.2) is 13.1 Å². The summed E-state index contributed by atoms with van der Waals surface area (Å²) in [5.41, 5.74) is 1.04. The van der Waals surface area contributed by atoms with Crippen molar-refractivity contribution in [3.63, 3.8) is 0 Å². The lowest BCUT2D eigenvalue weighted by Crippen LogP contribution is -2.45. The van der Waals surface area contributed by atoms with Crippen LogP contribution in [0.1, 0.15) is 18.4 Å². The van der Waals surface area contributed by atoms with Crippen molar-refractivity contribution >= 4 is 21.6 Å². The van der Waals surface area contributed by atoms with Crippen molar-refractivity contribution in [2.75, 3.05) is 32.8 Å². The summed E-state index contributed by atoms with van der Waals surface area (Å²) in [6.45, 7) is 5.55. The van der Waals surface area contributed by atoms with Crippen molar-refractivity contribution in [2.45, 2.75) is 30.8 Å². The van der Waals surface area contributed by atoms with E-state index in [1.807, 2.05) is 25.1 Å². The first-order valence-corrected chi connectivity index (χ1v) is 12.1. The van der Waals surface area contributed by atoms with Gasteiger partial charge in [-0.3, -0.25) is 4.90 Å². The number of aryl methyl sites for hydroxylation is 1. The van der Waals surface area contributed by atoms with Crippen LogP contribution in [0.4, 0.5) is 0 Å². The molecule has 2 aromatic carbocycles. The van der Waals surface area contributed by atoms with Crippen LogP contribution in [0.25, 0.3) is 0 Å². The molecule has 1 N–H and O–H groups in total. The third-order valence-electron chi connectivity index (χ3n) is 5.69. The number of piperidine rings is 1. The lowest BCUT2D eigenvalue weighted by Gasteiger charge is -2.35. The zero-order chi connectivity index (χ0) is 21.1. The van der Waals surface area contributed by atoms with Gasteiger partial charge in [0.2, 0.25) is 10.0 Å². The molecule has 2 aliphatic rings. The van der Waals surface area contributed by atoms with Gasteiger partial charge in [-0.2, -0.15) is 0 Å². The number of rotatable bonds is 6. The molecule has 0 aliphatic carbocycles. The Balaban J connectivity index is 1.23. The third kappa shape index (κ3) is 5.27. The van der Waals surface area contributed by atoms with Crippen molar-refractivity contribution < 1.29 is 17.9 Å². The summed E-state index contributed by atoms with van der Waals surface area (Å²) in [4.78, 5) is 2.68. The SMILES string of the molecule is Cc1ccc(S(=O)(=O)NCC2CCN(CC3COc4ccc(Cl)cc4O3)CC2)cc1. The van der Waals surface area contributed by atoms with Crippen LogP contribution in [-0.4, -0.2) is 52.2 Å². The Bertz CT molecular complexity index is 973. The molecule has 0 amide bonds. The Kier molecular flexibility index (Phi) is 6.53. The molecule has 6 nitrogen and oxygen atoms in total. The standard InChI is InChI=1S/C22H27ClN2O4S/c1-16-2-5-20(6-3-16)30(26,27)24-13-17-8-10-25(11-9-17)14-19-15-28-21-7-4-18(23)12-22(21)29-19/h2-7,12,17,19,24H,8-11,13-15H2,1H3. The Morgan fingerprint density at radius 2 is 1.83 bits per heavy atom. The van der Waals surface area contributed by atoms with Crippen LogP contribution in [0, 0.1) is 12.8 Å². The van der Waals surface area contributed by atoms with Crippen LogP contribution in [-0.2, 0) is 10.0 Å². The lowest BCUT2D eigenvalue weighted by molar-refractivity contribution is 0.0481. The number of ether oxygens (including phenoxy) is 2. The van der Waals surface area contributed by atoms with Gasteiger partial charge in [0, 0.05) is 24.2 Å². The lowest BCUT2D eigenvalue weighted by atomic mass is 9.97. The summed E-state index contributed by atoms with van der Waals surface area (Å²) in [6.07, 6.45) is 1.87. The number of nitrogens with zero attached hydrogens (tertiary/aromatic N) is 1. The van der Waals surface area contributed by atoms with Crippen molar-refractivity contribution in [3.8, 4) is 11.5 Å². The molecular weight excluding hydrogens is 424 g/mol. The van der Waals surface area contributed by atoms with Gasteiger partial charge in [0.05, 0.1) is 4.90 Å². The van der Waals surface area contributed by atoms with Crippen molar-refractivity contribution in [1.29, 1.82) is 0 Å². The maximum Gasteiger partial charge on any atom is 0.240 e. The van der Waals surface area contributed by atoms with Gasteiger partial charge in [0.1, 0.15) is 12.7 Å². The van der Waals surface area contributed by atoms with E-state index in [-0.39, 0.29) is 6.10 Å². The maximum atomic E-state index is 12.5. The summed E-state index contributed by atoms with van der Waals surface area (Å²) >= 11 is 6.05. The Hall–Kier alpha value is -1.80. The molecule has 4 rings (SSSR count). The topological polar surface area (TPSA) is 67.9 Å². The molecule has 1 atom stereocenters. The number of hydrogen-bond donors (Lipinski definition) is 1. The van der Waals surface area contributed by atoms with Crippen molar-refractivity contribution in [3.05, 3.63) is 53.1 Å². The summed E-state index contributed by atoms with van der Waals surface area (Å²) < 4.78 is 39.6. The van der Waals surface area contributed by atoms with E-state index in [1.165, 1.54) is 0 Å². The summed E-state index contributed by atoms with van der Waals surface area (Å²) in [5.74, 6) is 1.76. The van der Waals surface area contributed by atoms with Crippen LogP contribution in [0.2, 0.25) is 5.02 Å². The highest BCUT2D eigenvalue weighted by Gasteiger charge is 2.27. The minimum absolute atomic E-state index is 0.0347. The normalized spacial score (nSPS) is 20.3. The summed E-state index contributed by atoms with van der Waals surface area (Å²) in [5, 5.41) is 0.631. The number of likely N-dealkylation sites (tertiary alicyclic amines) is 1. The van der Waals surface area contributed by atoms with Gasteiger partial charge in [-0.1, -0.05) is 29.3 Å². The molecule has 0 saturated carbocycles. The molecule has 1 saturated heterocycles. The Morgan fingerprint density at radius 3 is 2.57 bits per heavy atom. The molecule has 2 aromatic rings. The van der Waals surface area contributed by atoms with Gasteiger partial charge in [-0.05, 0) is 63.0 Å². The molecule has 2 heterocycles. The van der Waals surface area contributed by atoms with E-state index in [4.69, 9.17) is 21.1 Å². The fourth-order valence-corrected chi connectivity index (χ4v) is 5.15. The summed E-state index contributed by atoms with van der Waals surface area (Å²) in [6, 6.07) is 12.3. The highest BCUT2D eigenvalue weighted by molar-refractivity contribution is 7.89. The number of benzene rings is 2. The largest absolute Gasteiger partial charge is 0.486 e. The zero-order valence-corrected chi connectivity index (χ0v) is 18.6. The second-order valence-corrected chi connectivity index (χ2v) is 10.3. The minimum atomic E-state index is -3.46. The molecule has 1 fully saturated rings. The number of sulfonamides is 1. The Labute approximate surface area is 183 Å². The van der Waals surface area contributed by atoms with E-state index < -0.39 is 10.0 Å². The van der Waals surface area contributed by atoms with Crippen LogP contribution >= 0.6 is 11.6 Å². The van der Waals surface area contributed by atoms with Crippen molar-refractivity contribution in [2.24, 2.45) is 5.92 Å². The zero-order valence-electron chi connectivity index (χ0n) is 17.0. The van der Waals surface area contributed by atoms with Gasteiger partial charge in [0.25, 0.3) is 0 Å². The molecule has 0 spiro atoms. The highest BCUT2D eigenvalue weighted by Crippen LogP contribution is 2.34. The number of hydrogen-bond acceptors (Lipinski definition) is 5. The molecule has 8 heteroatoms. The molecular formula is C22H27ClN2O4S. The number of halogens is 1. The average molecular weight is 451 g/mol. The first-order valence-electron chi connectivity index (χ1n) is 10.3. The Morgan fingerprint density at radius 1 is 1.10 bits per heavy atom. The van der Waals surface area contributed by atoms with E-state index in [1.54, 1.807) is 24.3 Å². The fraction of sp³-hybridized carbons (Fsp3) is 0.455. The maximum absolute atomic E-state index is 12.5. The van der Waals surface area contributed by atoms with Crippen LogP contribution in [0.15, 0.2) is 47.4 Å². The van der Waals surface area contributed by atoms with Crippen LogP contribution < -0.4 is 14.2 Å². The average Bonchev–Trinajstić information content (AvgIpc) is 2.73. The third-order valence-corrected chi connectivity index (χ3v) is 7.36. The smallest absolute Gasteiger partial charge is 0.240 e. The first kappa shape index (κ1) is 21.4. The number of nitrogens with one attached hydrogen (secondary N) is 1. The second-order valence-electron chi connectivity index (χ2n) is 8.05. The molecule has 0 radical (unpaired) electrons. The van der Waals surface area contributed by atoms with Crippen LogP contribution in [0.3, 0.4) is 0 Å². The van der Waals surface area contributed by atoms with Gasteiger partial charge >= 0.3 is 0 Å². The fourth-order valence-electron chi connectivity index (χ4n) is 3.87. The number of fused-ring (bicyclic) bond motifs is 1. The predicted molar refractivity (Wildman–Crippen MR) is 117 cm³/mol. The minimum Gasteiger partial charge on any atom is -0.486 e. The molecule has 30 heavy (non-hydrogen) atoms. The highest BCUT2D eigenvalue weighted by atomic mass is 35.5. The second kappa shape index (κ2) is 9.14. The van der Waals surface area contributed by atoms with E-state index in [0.29, 0.717) is 34.7 Å². The summed E-state index contributed by atoms with van der Waals surface area (Å²) in [7, 11) is -3.46. The predicted octanol–water partition coefficient (Wildman–Crippen LogP) is 3.48. The first-order chi connectivity index (χ1) is 14.4. The van der Waals surface area contributed by atoms with Gasteiger partial charge < -0.3 is 9.47 Å². The quantitative estimate of drug-likeness (QED) is 0.729. The molecule has 1 unspecified atom stereocenters. The molecule has 2 aliphatic heterocycles. The van der Waals surface area contributed by atoms with E-state index in [0.717, 1.165) is 43.8 Å². The van der Waals surface area contributed by atoms with Crippen molar-refractivity contribution in [1.82, 2.24) is 9.62 Å². The molecule has 162 valence electrons.